The van der Waals surface area contributed by atoms with Crippen molar-refractivity contribution in [3.63, 3.8) is 0 Å². The molecule has 0 aliphatic rings. The molecule has 0 bridgehead atoms. The van der Waals surface area contributed by atoms with Gasteiger partial charge in [-0.1, -0.05) is 23.2 Å². The first kappa shape index (κ1) is 11.7. The molecule has 1 N–H and O–H groups in total. The second kappa shape index (κ2) is 5.04. The molecule has 0 aliphatic carbocycles. The molecule has 2 aromatic heterocycles. The first-order valence-corrected chi connectivity index (χ1v) is 6.32. The zero-order chi connectivity index (χ0) is 11.5. The molecule has 2 rings (SSSR count). The molecule has 0 amide bonds. The van der Waals surface area contributed by atoms with E-state index in [4.69, 9.17) is 23.2 Å². The summed E-state index contributed by atoms with van der Waals surface area (Å²) in [5.41, 5.74) is 1.93. The van der Waals surface area contributed by atoms with Crippen LogP contribution in [0.15, 0.2) is 24.4 Å². The molecule has 2 aromatic rings. The molecule has 2 nitrogen and oxygen atoms in total. The maximum absolute atomic E-state index is 5.97. The highest BCUT2D eigenvalue weighted by Crippen LogP contribution is 2.24. The quantitative estimate of drug-likeness (QED) is 0.840. The van der Waals surface area contributed by atoms with Gasteiger partial charge in [0.05, 0.1) is 10.0 Å². The molecule has 84 valence electrons. The van der Waals surface area contributed by atoms with E-state index in [1.54, 1.807) is 17.5 Å². The SMILES string of the molecule is Cc1cnc(Cl)c(NCc2ccc(Cl)s2)c1. The van der Waals surface area contributed by atoms with E-state index in [1.807, 2.05) is 25.1 Å². The molecular weight excluding hydrogens is 263 g/mol. The smallest absolute Gasteiger partial charge is 0.152 e. The number of thiophene rings is 1. The Morgan fingerprint density at radius 2 is 2.19 bits per heavy atom. The second-order valence-electron chi connectivity index (χ2n) is 3.41. The fourth-order valence-corrected chi connectivity index (χ4v) is 2.50. The monoisotopic (exact) mass is 272 g/mol. The van der Waals surface area contributed by atoms with E-state index < -0.39 is 0 Å². The summed E-state index contributed by atoms with van der Waals surface area (Å²) in [5.74, 6) is 0. The number of aromatic nitrogens is 1. The number of nitrogens with one attached hydrogen (secondary N) is 1. The van der Waals surface area contributed by atoms with Crippen molar-refractivity contribution in [3.05, 3.63) is 44.3 Å². The minimum Gasteiger partial charge on any atom is -0.378 e. The summed E-state index contributed by atoms with van der Waals surface area (Å²) in [6.07, 6.45) is 1.75. The van der Waals surface area contributed by atoms with Crippen LogP contribution in [0.25, 0.3) is 0 Å². The van der Waals surface area contributed by atoms with E-state index in [9.17, 15) is 0 Å². The van der Waals surface area contributed by atoms with Crippen LogP contribution in [0.2, 0.25) is 9.49 Å². The minimum atomic E-state index is 0.494. The van der Waals surface area contributed by atoms with Crippen LogP contribution in [-0.2, 0) is 6.54 Å². The van der Waals surface area contributed by atoms with Gasteiger partial charge in [-0.05, 0) is 30.7 Å². The van der Waals surface area contributed by atoms with Crippen LogP contribution in [0.1, 0.15) is 10.4 Å². The van der Waals surface area contributed by atoms with Crippen LogP contribution in [0, 0.1) is 6.92 Å². The molecule has 0 radical (unpaired) electrons. The van der Waals surface area contributed by atoms with E-state index >= 15 is 0 Å². The number of anilines is 1. The molecule has 0 aliphatic heterocycles. The minimum absolute atomic E-state index is 0.494. The van der Waals surface area contributed by atoms with Gasteiger partial charge in [-0.2, -0.15) is 0 Å². The van der Waals surface area contributed by atoms with Crippen LogP contribution in [0.4, 0.5) is 5.69 Å². The van der Waals surface area contributed by atoms with Crippen molar-refractivity contribution in [2.24, 2.45) is 0 Å². The third kappa shape index (κ3) is 2.88. The summed E-state index contributed by atoms with van der Waals surface area (Å²) in [5, 5.41) is 3.73. The lowest BCUT2D eigenvalue weighted by atomic mass is 10.3. The van der Waals surface area contributed by atoms with Gasteiger partial charge in [-0.15, -0.1) is 11.3 Å². The lowest BCUT2D eigenvalue weighted by Gasteiger charge is -2.06. The largest absolute Gasteiger partial charge is 0.378 e. The molecule has 0 saturated heterocycles. The Morgan fingerprint density at radius 3 is 2.88 bits per heavy atom. The highest BCUT2D eigenvalue weighted by Gasteiger charge is 2.03. The Labute approximate surface area is 108 Å². The van der Waals surface area contributed by atoms with Crippen molar-refractivity contribution in [1.29, 1.82) is 0 Å². The van der Waals surface area contributed by atoms with Crippen LogP contribution >= 0.6 is 34.5 Å². The summed E-state index contributed by atoms with van der Waals surface area (Å²) < 4.78 is 0.797. The number of nitrogens with zero attached hydrogens (tertiary/aromatic N) is 1. The van der Waals surface area contributed by atoms with E-state index in [0.29, 0.717) is 11.7 Å². The fourth-order valence-electron chi connectivity index (χ4n) is 1.31. The first-order valence-electron chi connectivity index (χ1n) is 4.75. The number of aryl methyl sites for hydroxylation is 1. The zero-order valence-electron chi connectivity index (χ0n) is 8.63. The molecule has 0 unspecified atom stereocenters. The molecule has 0 fully saturated rings. The van der Waals surface area contributed by atoms with Gasteiger partial charge in [0.15, 0.2) is 5.15 Å². The average Bonchev–Trinajstić information content (AvgIpc) is 2.66. The Kier molecular flexibility index (Phi) is 3.69. The van der Waals surface area contributed by atoms with Crippen LogP contribution in [0.5, 0.6) is 0 Å². The van der Waals surface area contributed by atoms with Crippen molar-refractivity contribution in [2.75, 3.05) is 5.32 Å². The van der Waals surface area contributed by atoms with Gasteiger partial charge < -0.3 is 5.32 Å². The summed E-state index contributed by atoms with van der Waals surface area (Å²) >= 11 is 13.4. The van der Waals surface area contributed by atoms with Gasteiger partial charge in [0.25, 0.3) is 0 Å². The second-order valence-corrected chi connectivity index (χ2v) is 5.57. The van der Waals surface area contributed by atoms with Gasteiger partial charge in [0.2, 0.25) is 0 Å². The standard InChI is InChI=1S/C11H10Cl2N2S/c1-7-4-9(11(13)15-5-7)14-6-8-2-3-10(12)16-8/h2-5,14H,6H2,1H3. The Balaban J connectivity index is 2.07. The maximum Gasteiger partial charge on any atom is 0.152 e. The number of hydrogen-bond donors (Lipinski definition) is 1. The molecule has 16 heavy (non-hydrogen) atoms. The fraction of sp³-hybridized carbons (Fsp3) is 0.182. The number of halogens is 2. The van der Waals surface area contributed by atoms with Crippen molar-refractivity contribution >= 4 is 40.2 Å². The summed E-state index contributed by atoms with van der Waals surface area (Å²) in [6, 6.07) is 5.86. The summed E-state index contributed by atoms with van der Waals surface area (Å²) in [7, 11) is 0. The van der Waals surface area contributed by atoms with E-state index in [2.05, 4.69) is 10.3 Å². The third-order valence-corrected chi connectivity index (χ3v) is 3.59. The van der Waals surface area contributed by atoms with E-state index in [1.165, 1.54) is 4.88 Å². The number of pyridine rings is 1. The van der Waals surface area contributed by atoms with Gasteiger partial charge in [0.1, 0.15) is 0 Å². The predicted octanol–water partition coefficient (Wildman–Crippen LogP) is 4.37. The lowest BCUT2D eigenvalue weighted by Crippen LogP contribution is -1.99. The topological polar surface area (TPSA) is 24.9 Å². The average molecular weight is 273 g/mol. The van der Waals surface area contributed by atoms with Crippen molar-refractivity contribution in [2.45, 2.75) is 13.5 Å². The predicted molar refractivity (Wildman–Crippen MR) is 70.6 cm³/mol. The maximum atomic E-state index is 5.97. The highest BCUT2D eigenvalue weighted by atomic mass is 35.5. The third-order valence-electron chi connectivity index (χ3n) is 2.06. The molecule has 5 heteroatoms. The molecule has 0 atom stereocenters. The van der Waals surface area contributed by atoms with Crippen molar-refractivity contribution in [3.8, 4) is 0 Å². The van der Waals surface area contributed by atoms with Gasteiger partial charge >= 0.3 is 0 Å². The summed E-state index contributed by atoms with van der Waals surface area (Å²) in [4.78, 5) is 5.25. The lowest BCUT2D eigenvalue weighted by molar-refractivity contribution is 1.16. The molecule has 2 heterocycles. The number of rotatable bonds is 3. The van der Waals surface area contributed by atoms with Crippen molar-refractivity contribution < 1.29 is 0 Å². The highest BCUT2D eigenvalue weighted by molar-refractivity contribution is 7.16. The van der Waals surface area contributed by atoms with Crippen LogP contribution < -0.4 is 5.32 Å². The van der Waals surface area contributed by atoms with Crippen LogP contribution in [0.3, 0.4) is 0 Å². The molecule has 0 saturated carbocycles. The Hall–Kier alpha value is -0.770. The molecule has 0 aromatic carbocycles. The molecular formula is C11H10Cl2N2S. The Bertz CT molecular complexity index is 496. The zero-order valence-corrected chi connectivity index (χ0v) is 11.0. The summed E-state index contributed by atoms with van der Waals surface area (Å²) in [6.45, 7) is 2.69. The number of hydrogen-bond acceptors (Lipinski definition) is 3. The Morgan fingerprint density at radius 1 is 1.38 bits per heavy atom. The van der Waals surface area contributed by atoms with Gasteiger partial charge in [0, 0.05) is 17.6 Å². The normalized spacial score (nSPS) is 10.4. The van der Waals surface area contributed by atoms with E-state index in [0.717, 1.165) is 15.6 Å². The van der Waals surface area contributed by atoms with Gasteiger partial charge in [-0.25, -0.2) is 4.98 Å². The van der Waals surface area contributed by atoms with Crippen LogP contribution in [-0.4, -0.2) is 4.98 Å². The first-order chi connectivity index (χ1) is 7.65. The van der Waals surface area contributed by atoms with Crippen molar-refractivity contribution in [1.82, 2.24) is 4.98 Å². The molecule has 0 spiro atoms. The van der Waals surface area contributed by atoms with E-state index in [-0.39, 0.29) is 0 Å². The van der Waals surface area contributed by atoms with Gasteiger partial charge in [-0.3, -0.25) is 0 Å².